The van der Waals surface area contributed by atoms with E-state index in [9.17, 15) is 0 Å². The molecule has 0 aromatic carbocycles. The minimum Gasteiger partial charge on any atom is -0.481 e. The Hall–Kier alpha value is -0.830. The van der Waals surface area contributed by atoms with Crippen molar-refractivity contribution in [2.24, 2.45) is 0 Å². The van der Waals surface area contributed by atoms with Crippen molar-refractivity contribution >= 4 is 12.6 Å². The molecule has 0 bridgehead atoms. The summed E-state index contributed by atoms with van der Waals surface area (Å²) in [6.07, 6.45) is 1.63. The van der Waals surface area contributed by atoms with E-state index >= 15 is 0 Å². The second-order valence-corrected chi connectivity index (χ2v) is 2.01. The SMILES string of the molecule is COc1cc([S])ccn1. The average Bonchev–Trinajstić information content (AvgIpc) is 1.88. The van der Waals surface area contributed by atoms with E-state index in [1.807, 2.05) is 0 Å². The van der Waals surface area contributed by atoms with Crippen LogP contribution >= 0.6 is 12.6 Å². The van der Waals surface area contributed by atoms with Gasteiger partial charge in [0.05, 0.1) is 7.11 Å². The molecule has 0 saturated carbocycles. The van der Waals surface area contributed by atoms with Crippen LogP contribution in [0.2, 0.25) is 0 Å². The molecule has 0 N–H and O–H groups in total. The Kier molecular flexibility index (Phi) is 1.85. The predicted octanol–water partition coefficient (Wildman–Crippen LogP) is 1.65. The standard InChI is InChI=1S/C6H6NOS/c1-8-6-4-5(9)2-3-7-6/h2-4H,1H3. The average molecular weight is 140 g/mol. The van der Waals surface area contributed by atoms with Crippen LogP contribution in [0.5, 0.6) is 5.88 Å². The number of aromatic nitrogens is 1. The van der Waals surface area contributed by atoms with Crippen molar-refractivity contribution < 1.29 is 4.74 Å². The molecular formula is C6H6NOS. The summed E-state index contributed by atoms with van der Waals surface area (Å²) in [5, 5.41) is 0. The zero-order valence-corrected chi connectivity index (χ0v) is 5.81. The van der Waals surface area contributed by atoms with Gasteiger partial charge >= 0.3 is 0 Å². The summed E-state index contributed by atoms with van der Waals surface area (Å²) in [6.45, 7) is 0. The molecule has 0 aliphatic rings. The molecule has 0 fully saturated rings. The largest absolute Gasteiger partial charge is 0.481 e. The van der Waals surface area contributed by atoms with Gasteiger partial charge < -0.3 is 4.74 Å². The smallest absolute Gasteiger partial charge is 0.214 e. The number of hydrogen-bond acceptors (Lipinski definition) is 2. The maximum absolute atomic E-state index is 4.85. The van der Waals surface area contributed by atoms with Gasteiger partial charge in [0, 0.05) is 17.2 Å². The van der Waals surface area contributed by atoms with Gasteiger partial charge in [0.2, 0.25) is 5.88 Å². The summed E-state index contributed by atoms with van der Waals surface area (Å²) < 4.78 is 4.82. The van der Waals surface area contributed by atoms with Gasteiger partial charge in [-0.15, -0.1) is 0 Å². The van der Waals surface area contributed by atoms with Crippen LogP contribution in [0.15, 0.2) is 23.2 Å². The zero-order valence-electron chi connectivity index (χ0n) is 5.00. The number of methoxy groups -OCH3 is 1. The lowest BCUT2D eigenvalue weighted by Crippen LogP contribution is -1.84. The molecule has 1 rings (SSSR count). The van der Waals surface area contributed by atoms with Crippen molar-refractivity contribution in [3.8, 4) is 5.88 Å². The molecule has 0 aliphatic carbocycles. The highest BCUT2D eigenvalue weighted by atomic mass is 32.1. The summed E-state index contributed by atoms with van der Waals surface area (Å²) in [6, 6.07) is 3.45. The van der Waals surface area contributed by atoms with Gasteiger partial charge in [-0.3, -0.25) is 0 Å². The molecular weight excluding hydrogens is 134 g/mol. The Labute approximate surface area is 59.3 Å². The van der Waals surface area contributed by atoms with E-state index in [1.54, 1.807) is 25.4 Å². The molecule has 0 aliphatic heterocycles. The lowest BCUT2D eigenvalue weighted by atomic mass is 10.5. The van der Waals surface area contributed by atoms with Gasteiger partial charge in [0.1, 0.15) is 0 Å². The number of nitrogens with zero attached hydrogens (tertiary/aromatic N) is 1. The van der Waals surface area contributed by atoms with Crippen LogP contribution in [0.4, 0.5) is 0 Å². The molecule has 3 heteroatoms. The van der Waals surface area contributed by atoms with Crippen LogP contribution in [-0.4, -0.2) is 12.1 Å². The first-order valence-electron chi connectivity index (χ1n) is 2.50. The van der Waals surface area contributed by atoms with Crippen LogP contribution in [0.1, 0.15) is 0 Å². The number of hydrogen-bond donors (Lipinski definition) is 0. The molecule has 1 aromatic rings. The van der Waals surface area contributed by atoms with Crippen molar-refractivity contribution in [3.63, 3.8) is 0 Å². The second kappa shape index (κ2) is 2.64. The summed E-state index contributed by atoms with van der Waals surface area (Å²) in [4.78, 5) is 4.62. The highest BCUT2D eigenvalue weighted by Gasteiger charge is 1.90. The fraction of sp³-hybridized carbons (Fsp3) is 0.167. The third-order valence-corrected chi connectivity index (χ3v) is 1.17. The van der Waals surface area contributed by atoms with Crippen LogP contribution in [0, 0.1) is 0 Å². The van der Waals surface area contributed by atoms with Gasteiger partial charge in [-0.05, 0) is 6.07 Å². The van der Waals surface area contributed by atoms with E-state index in [0.717, 1.165) is 4.90 Å². The predicted molar refractivity (Wildman–Crippen MR) is 36.6 cm³/mol. The van der Waals surface area contributed by atoms with E-state index in [1.165, 1.54) is 0 Å². The number of rotatable bonds is 1. The maximum Gasteiger partial charge on any atom is 0.214 e. The lowest BCUT2D eigenvalue weighted by molar-refractivity contribution is 0.396. The molecule has 2 nitrogen and oxygen atoms in total. The molecule has 0 amide bonds. The Morgan fingerprint density at radius 3 is 2.89 bits per heavy atom. The van der Waals surface area contributed by atoms with Crippen LogP contribution < -0.4 is 4.74 Å². The van der Waals surface area contributed by atoms with Gasteiger partial charge in [0.15, 0.2) is 0 Å². The third-order valence-electron chi connectivity index (χ3n) is 0.915. The fourth-order valence-electron chi connectivity index (χ4n) is 0.503. The first kappa shape index (κ1) is 6.29. The summed E-state index contributed by atoms with van der Waals surface area (Å²) in [5.74, 6) is 0.572. The molecule has 0 saturated heterocycles. The van der Waals surface area contributed by atoms with Gasteiger partial charge in [0.25, 0.3) is 0 Å². The monoisotopic (exact) mass is 140 g/mol. The Balaban J connectivity index is 2.94. The third kappa shape index (κ3) is 1.54. The van der Waals surface area contributed by atoms with E-state index < -0.39 is 0 Å². The molecule has 0 atom stereocenters. The Morgan fingerprint density at radius 1 is 1.67 bits per heavy atom. The van der Waals surface area contributed by atoms with E-state index in [-0.39, 0.29) is 0 Å². The number of pyridine rings is 1. The van der Waals surface area contributed by atoms with Gasteiger partial charge in [-0.25, -0.2) is 4.98 Å². The van der Waals surface area contributed by atoms with Crippen LogP contribution in [0.3, 0.4) is 0 Å². The molecule has 1 heterocycles. The van der Waals surface area contributed by atoms with Crippen molar-refractivity contribution in [1.29, 1.82) is 0 Å². The van der Waals surface area contributed by atoms with Gasteiger partial charge in [-0.2, -0.15) is 0 Å². The summed E-state index contributed by atoms with van der Waals surface area (Å²) in [7, 11) is 1.57. The summed E-state index contributed by atoms with van der Waals surface area (Å²) in [5.41, 5.74) is 0. The summed E-state index contributed by atoms with van der Waals surface area (Å²) >= 11 is 4.85. The Bertz CT molecular complexity index is 202. The molecule has 0 unspecified atom stereocenters. The highest BCUT2D eigenvalue weighted by molar-refractivity contribution is 7.80. The number of ether oxygens (including phenoxy) is 1. The van der Waals surface area contributed by atoms with Crippen LogP contribution in [-0.2, 0) is 0 Å². The molecule has 1 radical (unpaired) electrons. The van der Waals surface area contributed by atoms with Crippen molar-refractivity contribution in [1.82, 2.24) is 4.98 Å². The van der Waals surface area contributed by atoms with Gasteiger partial charge in [-0.1, -0.05) is 12.6 Å². The minimum absolute atomic E-state index is 0.572. The molecule has 0 spiro atoms. The first-order valence-corrected chi connectivity index (χ1v) is 2.91. The normalized spacial score (nSPS) is 9.00. The molecule has 9 heavy (non-hydrogen) atoms. The topological polar surface area (TPSA) is 22.1 Å². The van der Waals surface area contributed by atoms with Crippen molar-refractivity contribution in [3.05, 3.63) is 18.3 Å². The minimum atomic E-state index is 0.572. The highest BCUT2D eigenvalue weighted by Crippen LogP contribution is 2.10. The molecule has 1 aromatic heterocycles. The van der Waals surface area contributed by atoms with Crippen molar-refractivity contribution in [2.75, 3.05) is 7.11 Å². The van der Waals surface area contributed by atoms with E-state index in [0.29, 0.717) is 5.88 Å². The fourth-order valence-corrected chi connectivity index (χ4v) is 0.665. The van der Waals surface area contributed by atoms with E-state index in [4.69, 9.17) is 17.4 Å². The zero-order chi connectivity index (χ0) is 6.69. The quantitative estimate of drug-likeness (QED) is 0.591. The lowest BCUT2D eigenvalue weighted by Gasteiger charge is -1.95. The Morgan fingerprint density at radius 2 is 2.44 bits per heavy atom. The van der Waals surface area contributed by atoms with E-state index in [2.05, 4.69) is 4.98 Å². The second-order valence-electron chi connectivity index (χ2n) is 1.53. The van der Waals surface area contributed by atoms with Crippen molar-refractivity contribution in [2.45, 2.75) is 4.90 Å². The first-order chi connectivity index (χ1) is 4.33. The van der Waals surface area contributed by atoms with Crippen LogP contribution in [0.25, 0.3) is 0 Å². The maximum atomic E-state index is 4.85. The molecule has 47 valence electrons.